The van der Waals surface area contributed by atoms with E-state index in [1.807, 2.05) is 78.9 Å². The Kier molecular flexibility index (Phi) is 8.35. The van der Waals surface area contributed by atoms with Crippen LogP contribution in [0, 0.1) is 0 Å². The monoisotopic (exact) mass is 508 g/mol. The smallest absolute Gasteiger partial charge is 0.184 e. The van der Waals surface area contributed by atoms with Gasteiger partial charge in [-0.25, -0.2) is 0 Å². The van der Waals surface area contributed by atoms with Crippen LogP contribution >= 0.6 is 0 Å². The van der Waals surface area contributed by atoms with Gasteiger partial charge >= 0.3 is 0 Å². The van der Waals surface area contributed by atoms with E-state index in [4.69, 9.17) is 33.2 Å². The first-order valence-electron chi connectivity index (χ1n) is 12.3. The number of hydrogen-bond donors (Lipinski definition) is 1. The zero-order valence-corrected chi connectivity index (χ0v) is 20.9. The molecule has 0 aromatic heterocycles. The van der Waals surface area contributed by atoms with Crippen LogP contribution in [0.5, 0.6) is 11.5 Å². The van der Waals surface area contributed by atoms with Crippen molar-refractivity contribution < 1.29 is 38.3 Å². The highest BCUT2D eigenvalue weighted by Gasteiger charge is 2.51. The standard InChI is InChI=1S/C29H32O8/c1-31-22-12-8-19(9-13-22)16-33-26-25-24(18-35-29(37-25)21-6-4-3-5-7-21)36-28(30)27(26)34-17-20-10-14-23(32-2)15-11-20/h3-15,24-30H,16-18H2,1-2H3/t24-,25+,26+,27-,28+,29?/m1/s1. The number of aliphatic hydroxyl groups excluding tert-OH is 1. The summed E-state index contributed by atoms with van der Waals surface area (Å²) in [6.07, 6.45) is -4.19. The van der Waals surface area contributed by atoms with Gasteiger partial charge < -0.3 is 38.3 Å². The van der Waals surface area contributed by atoms with Crippen LogP contribution in [-0.2, 0) is 36.9 Å². The van der Waals surface area contributed by atoms with Crippen molar-refractivity contribution in [3.63, 3.8) is 0 Å². The molecular weight excluding hydrogens is 476 g/mol. The van der Waals surface area contributed by atoms with Crippen molar-refractivity contribution in [2.24, 2.45) is 0 Å². The van der Waals surface area contributed by atoms with Gasteiger partial charge in [-0.3, -0.25) is 0 Å². The van der Waals surface area contributed by atoms with Gasteiger partial charge in [-0.05, 0) is 35.4 Å². The predicted octanol–water partition coefficient (Wildman–Crippen LogP) is 4.01. The van der Waals surface area contributed by atoms with Gasteiger partial charge in [0.05, 0.1) is 34.0 Å². The molecule has 0 aliphatic carbocycles. The van der Waals surface area contributed by atoms with Gasteiger partial charge in [0.1, 0.15) is 35.9 Å². The van der Waals surface area contributed by atoms with Crippen molar-refractivity contribution >= 4 is 0 Å². The first kappa shape index (κ1) is 25.7. The third-order valence-corrected chi connectivity index (χ3v) is 6.58. The molecule has 0 bridgehead atoms. The Morgan fingerprint density at radius 2 is 1.30 bits per heavy atom. The highest BCUT2D eigenvalue weighted by Crippen LogP contribution is 2.36. The van der Waals surface area contributed by atoms with Crippen LogP contribution in [-0.4, -0.2) is 56.6 Å². The molecule has 2 aliphatic heterocycles. The molecule has 6 atom stereocenters. The van der Waals surface area contributed by atoms with E-state index >= 15 is 0 Å². The van der Waals surface area contributed by atoms with Crippen molar-refractivity contribution in [3.8, 4) is 11.5 Å². The maximum atomic E-state index is 10.9. The molecule has 2 aliphatic rings. The Bertz CT molecular complexity index is 1110. The van der Waals surface area contributed by atoms with Crippen LogP contribution < -0.4 is 9.47 Å². The summed E-state index contributed by atoms with van der Waals surface area (Å²) < 4.78 is 41.3. The normalized spacial score (nSPS) is 27.3. The second-order valence-corrected chi connectivity index (χ2v) is 8.99. The first-order valence-corrected chi connectivity index (χ1v) is 12.3. The lowest BCUT2D eigenvalue weighted by Gasteiger charge is -2.47. The summed E-state index contributed by atoms with van der Waals surface area (Å²) in [5, 5.41) is 10.9. The number of ether oxygens (including phenoxy) is 7. The van der Waals surface area contributed by atoms with Crippen molar-refractivity contribution in [2.45, 2.75) is 50.2 Å². The molecule has 2 saturated heterocycles. The molecule has 5 rings (SSSR count). The van der Waals surface area contributed by atoms with Gasteiger partial charge in [0.2, 0.25) is 0 Å². The lowest BCUT2D eigenvalue weighted by molar-refractivity contribution is -0.366. The van der Waals surface area contributed by atoms with E-state index in [2.05, 4.69) is 0 Å². The Morgan fingerprint density at radius 1 is 0.730 bits per heavy atom. The topological polar surface area (TPSA) is 84.8 Å². The molecule has 0 spiro atoms. The van der Waals surface area contributed by atoms with Gasteiger partial charge in [-0.15, -0.1) is 0 Å². The second-order valence-electron chi connectivity index (χ2n) is 8.99. The van der Waals surface area contributed by atoms with Crippen molar-refractivity contribution in [1.29, 1.82) is 0 Å². The number of fused-ring (bicyclic) bond motifs is 1. The molecule has 0 amide bonds. The largest absolute Gasteiger partial charge is 0.497 e. The SMILES string of the molecule is COc1ccc(CO[C@@H]2[C@@H](OCc3ccc(OC)cc3)[C@@H](O)O[C@@H]3COC(c4ccccc4)O[C@H]23)cc1. The lowest BCUT2D eigenvalue weighted by Crippen LogP contribution is -2.63. The summed E-state index contributed by atoms with van der Waals surface area (Å²) in [5.41, 5.74) is 2.79. The van der Waals surface area contributed by atoms with E-state index in [9.17, 15) is 5.11 Å². The Morgan fingerprint density at radius 3 is 1.86 bits per heavy atom. The van der Waals surface area contributed by atoms with E-state index in [-0.39, 0.29) is 13.2 Å². The quantitative estimate of drug-likeness (QED) is 0.464. The minimum Gasteiger partial charge on any atom is -0.497 e. The summed E-state index contributed by atoms with van der Waals surface area (Å²) in [4.78, 5) is 0. The highest BCUT2D eigenvalue weighted by molar-refractivity contribution is 5.27. The van der Waals surface area contributed by atoms with Crippen molar-refractivity contribution in [1.82, 2.24) is 0 Å². The molecule has 0 radical (unpaired) electrons. The van der Waals surface area contributed by atoms with Crippen LogP contribution in [0.4, 0.5) is 0 Å². The zero-order valence-electron chi connectivity index (χ0n) is 20.9. The Hall–Kier alpha value is -2.98. The third kappa shape index (κ3) is 6.13. The van der Waals surface area contributed by atoms with Gasteiger partial charge in [0.25, 0.3) is 0 Å². The minimum absolute atomic E-state index is 0.257. The first-order chi connectivity index (χ1) is 18.1. The maximum absolute atomic E-state index is 10.9. The van der Waals surface area contributed by atoms with E-state index in [1.165, 1.54) is 0 Å². The van der Waals surface area contributed by atoms with Crippen LogP contribution in [0.1, 0.15) is 23.0 Å². The lowest BCUT2D eigenvalue weighted by atomic mass is 9.97. The fourth-order valence-electron chi connectivity index (χ4n) is 4.54. The molecule has 3 aromatic carbocycles. The average molecular weight is 509 g/mol. The molecule has 37 heavy (non-hydrogen) atoms. The number of rotatable bonds is 9. The molecule has 8 heteroatoms. The van der Waals surface area contributed by atoms with E-state index in [1.54, 1.807) is 14.2 Å². The number of aliphatic hydroxyl groups is 1. The van der Waals surface area contributed by atoms with E-state index in [0.717, 1.165) is 28.2 Å². The van der Waals surface area contributed by atoms with Crippen LogP contribution in [0.25, 0.3) is 0 Å². The van der Waals surface area contributed by atoms with E-state index in [0.29, 0.717) is 6.61 Å². The van der Waals surface area contributed by atoms with Gasteiger partial charge in [0, 0.05) is 5.56 Å². The summed E-state index contributed by atoms with van der Waals surface area (Å²) >= 11 is 0. The van der Waals surface area contributed by atoms with E-state index < -0.39 is 37.0 Å². The molecule has 1 N–H and O–H groups in total. The van der Waals surface area contributed by atoms with Gasteiger partial charge in [-0.1, -0.05) is 54.6 Å². The average Bonchev–Trinajstić information content (AvgIpc) is 2.96. The maximum Gasteiger partial charge on any atom is 0.184 e. The summed E-state index contributed by atoms with van der Waals surface area (Å²) in [6, 6.07) is 24.9. The molecule has 8 nitrogen and oxygen atoms in total. The summed E-state index contributed by atoms with van der Waals surface area (Å²) in [6.45, 7) is 0.815. The molecule has 196 valence electrons. The van der Waals surface area contributed by atoms with Crippen molar-refractivity contribution in [2.75, 3.05) is 20.8 Å². The number of hydrogen-bond acceptors (Lipinski definition) is 8. The number of benzene rings is 3. The second kappa shape index (κ2) is 12.0. The summed E-state index contributed by atoms with van der Waals surface area (Å²) in [5.74, 6) is 1.53. The fraction of sp³-hybridized carbons (Fsp3) is 0.379. The molecule has 2 fully saturated rings. The molecular formula is C29H32O8. The van der Waals surface area contributed by atoms with Gasteiger partial charge in [0.15, 0.2) is 12.6 Å². The summed E-state index contributed by atoms with van der Waals surface area (Å²) in [7, 11) is 3.25. The zero-order chi connectivity index (χ0) is 25.6. The molecule has 0 saturated carbocycles. The molecule has 1 unspecified atom stereocenters. The van der Waals surface area contributed by atoms with Crippen LogP contribution in [0.3, 0.4) is 0 Å². The minimum atomic E-state index is -1.21. The number of methoxy groups -OCH3 is 2. The van der Waals surface area contributed by atoms with Crippen molar-refractivity contribution in [3.05, 3.63) is 95.6 Å². The molecule has 3 aromatic rings. The Balaban J connectivity index is 1.35. The molecule has 2 heterocycles. The van der Waals surface area contributed by atoms with Gasteiger partial charge in [-0.2, -0.15) is 0 Å². The predicted molar refractivity (Wildman–Crippen MR) is 134 cm³/mol. The third-order valence-electron chi connectivity index (χ3n) is 6.58. The van der Waals surface area contributed by atoms with Crippen LogP contribution in [0.2, 0.25) is 0 Å². The van der Waals surface area contributed by atoms with Crippen LogP contribution in [0.15, 0.2) is 78.9 Å². The fourth-order valence-corrected chi connectivity index (χ4v) is 4.54. The highest BCUT2D eigenvalue weighted by atomic mass is 16.7. The Labute approximate surface area is 216 Å².